The summed E-state index contributed by atoms with van der Waals surface area (Å²) in [5.74, 6) is -2.04. The summed E-state index contributed by atoms with van der Waals surface area (Å²) in [6.45, 7) is 0.750. The molecular formula is C15H19F2NO4. The van der Waals surface area contributed by atoms with Gasteiger partial charge < -0.3 is 15.2 Å². The molecule has 0 spiro atoms. The molecule has 0 heterocycles. The van der Waals surface area contributed by atoms with Gasteiger partial charge >= 0.3 is 5.97 Å². The van der Waals surface area contributed by atoms with E-state index in [0.717, 1.165) is 5.56 Å². The van der Waals surface area contributed by atoms with Crippen molar-refractivity contribution in [2.75, 3.05) is 6.61 Å². The number of hydrogen-bond donors (Lipinski definition) is 2. The van der Waals surface area contributed by atoms with Gasteiger partial charge in [-0.3, -0.25) is 4.79 Å². The number of nitrogens with one attached hydrogen (secondary N) is 1. The van der Waals surface area contributed by atoms with Crippen molar-refractivity contribution in [3.05, 3.63) is 35.9 Å². The van der Waals surface area contributed by atoms with E-state index < -0.39 is 30.8 Å². The molecule has 0 saturated carbocycles. The summed E-state index contributed by atoms with van der Waals surface area (Å²) in [6, 6.07) is 7.94. The van der Waals surface area contributed by atoms with Crippen molar-refractivity contribution in [3.8, 4) is 0 Å². The van der Waals surface area contributed by atoms with E-state index in [0.29, 0.717) is 19.6 Å². The second-order valence-electron chi connectivity index (χ2n) is 4.73. The Balaban J connectivity index is 2.18. The Morgan fingerprint density at radius 1 is 1.23 bits per heavy atom. The Morgan fingerprint density at radius 3 is 2.50 bits per heavy atom. The summed E-state index contributed by atoms with van der Waals surface area (Å²) >= 11 is 0. The van der Waals surface area contributed by atoms with Gasteiger partial charge in [-0.15, -0.1) is 0 Å². The monoisotopic (exact) mass is 315 g/mol. The van der Waals surface area contributed by atoms with E-state index in [1.54, 1.807) is 0 Å². The van der Waals surface area contributed by atoms with Crippen LogP contribution in [0.5, 0.6) is 0 Å². The molecule has 1 atom stereocenters. The number of aliphatic carboxylic acids is 1. The number of carboxylic acid groups (broad SMARTS) is 1. The van der Waals surface area contributed by atoms with Gasteiger partial charge in [0.15, 0.2) is 0 Å². The summed E-state index contributed by atoms with van der Waals surface area (Å²) in [6.07, 6.45) is -3.26. The number of rotatable bonds is 10. The van der Waals surface area contributed by atoms with Gasteiger partial charge in [0.1, 0.15) is 6.04 Å². The van der Waals surface area contributed by atoms with Crippen molar-refractivity contribution in [2.24, 2.45) is 0 Å². The van der Waals surface area contributed by atoms with Crippen LogP contribution in [0.4, 0.5) is 8.78 Å². The number of ether oxygens (including phenoxy) is 1. The quantitative estimate of drug-likeness (QED) is 0.649. The van der Waals surface area contributed by atoms with Gasteiger partial charge in [-0.25, -0.2) is 13.6 Å². The zero-order chi connectivity index (χ0) is 16.4. The first-order chi connectivity index (χ1) is 10.5. The normalized spacial score (nSPS) is 12.1. The van der Waals surface area contributed by atoms with Gasteiger partial charge in [-0.1, -0.05) is 30.3 Å². The van der Waals surface area contributed by atoms with E-state index in [1.807, 2.05) is 30.3 Å². The fourth-order valence-electron chi connectivity index (χ4n) is 1.77. The molecule has 122 valence electrons. The molecule has 0 bridgehead atoms. The maximum Gasteiger partial charge on any atom is 0.326 e. The fourth-order valence-corrected chi connectivity index (χ4v) is 1.77. The fraction of sp³-hybridized carbons (Fsp3) is 0.467. The molecule has 22 heavy (non-hydrogen) atoms. The molecule has 1 aromatic carbocycles. The summed E-state index contributed by atoms with van der Waals surface area (Å²) in [4.78, 5) is 22.2. The molecule has 1 rings (SSSR count). The Hall–Kier alpha value is -2.02. The lowest BCUT2D eigenvalue weighted by Gasteiger charge is -2.13. The lowest BCUT2D eigenvalue weighted by molar-refractivity contribution is -0.143. The van der Waals surface area contributed by atoms with Gasteiger partial charge in [0.25, 0.3) is 0 Å². The van der Waals surface area contributed by atoms with Crippen LogP contribution in [0, 0.1) is 0 Å². The van der Waals surface area contributed by atoms with Crippen molar-refractivity contribution in [1.82, 2.24) is 5.32 Å². The third-order valence-corrected chi connectivity index (χ3v) is 2.85. The predicted octanol–water partition coefficient (Wildman–Crippen LogP) is 2.21. The van der Waals surface area contributed by atoms with Gasteiger partial charge in [0.05, 0.1) is 6.61 Å². The molecule has 0 aromatic heterocycles. The third-order valence-electron chi connectivity index (χ3n) is 2.85. The first-order valence-corrected chi connectivity index (χ1v) is 6.91. The highest BCUT2D eigenvalue weighted by Gasteiger charge is 2.23. The molecule has 1 aromatic rings. The van der Waals surface area contributed by atoms with E-state index in [4.69, 9.17) is 9.84 Å². The van der Waals surface area contributed by atoms with Crippen LogP contribution in [0.3, 0.4) is 0 Å². The average Bonchev–Trinajstić information content (AvgIpc) is 2.46. The lowest BCUT2D eigenvalue weighted by atomic mass is 10.2. The minimum Gasteiger partial charge on any atom is -0.480 e. The number of amides is 1. The molecule has 0 saturated heterocycles. The molecule has 2 N–H and O–H groups in total. The summed E-state index contributed by atoms with van der Waals surface area (Å²) in [7, 11) is 0. The van der Waals surface area contributed by atoms with Crippen LogP contribution in [0.25, 0.3) is 0 Å². The number of carboxylic acids is 1. The van der Waals surface area contributed by atoms with Crippen molar-refractivity contribution >= 4 is 11.9 Å². The van der Waals surface area contributed by atoms with Gasteiger partial charge in [-0.2, -0.15) is 0 Å². The molecule has 0 aliphatic heterocycles. The van der Waals surface area contributed by atoms with Crippen LogP contribution in [-0.2, 0) is 20.9 Å². The van der Waals surface area contributed by atoms with Crippen LogP contribution in [0.1, 0.15) is 24.8 Å². The first-order valence-electron chi connectivity index (χ1n) is 6.91. The van der Waals surface area contributed by atoms with Crippen LogP contribution >= 0.6 is 0 Å². The lowest BCUT2D eigenvalue weighted by Crippen LogP contribution is -2.42. The summed E-state index contributed by atoms with van der Waals surface area (Å²) < 4.78 is 29.7. The van der Waals surface area contributed by atoms with Crippen LogP contribution in [-0.4, -0.2) is 36.1 Å². The Morgan fingerprint density at radius 2 is 1.91 bits per heavy atom. The predicted molar refractivity (Wildman–Crippen MR) is 75.5 cm³/mol. The molecule has 0 aliphatic rings. The Kier molecular flexibility index (Phi) is 8.06. The van der Waals surface area contributed by atoms with Crippen LogP contribution < -0.4 is 5.32 Å². The maximum atomic E-state index is 12.2. The van der Waals surface area contributed by atoms with Crippen LogP contribution in [0.15, 0.2) is 30.3 Å². The molecular weight excluding hydrogens is 296 g/mol. The number of benzene rings is 1. The zero-order valence-electron chi connectivity index (χ0n) is 12.0. The molecule has 0 aliphatic carbocycles. The number of carbonyl (C=O) groups is 2. The SMILES string of the molecule is O=C(CCCOCc1ccccc1)NC(CC(F)F)C(=O)O. The van der Waals surface area contributed by atoms with E-state index in [-0.39, 0.29) is 6.42 Å². The largest absolute Gasteiger partial charge is 0.480 e. The summed E-state index contributed by atoms with van der Waals surface area (Å²) in [5, 5.41) is 10.8. The topological polar surface area (TPSA) is 75.6 Å². The first kappa shape index (κ1) is 18.0. The Bertz CT molecular complexity index is 468. The molecule has 0 fully saturated rings. The van der Waals surface area contributed by atoms with E-state index in [2.05, 4.69) is 5.32 Å². The van der Waals surface area contributed by atoms with Crippen LogP contribution in [0.2, 0.25) is 0 Å². The smallest absolute Gasteiger partial charge is 0.326 e. The number of halogens is 2. The number of hydrogen-bond acceptors (Lipinski definition) is 3. The van der Waals surface area contributed by atoms with Gasteiger partial charge in [0, 0.05) is 19.4 Å². The number of alkyl halides is 2. The minimum absolute atomic E-state index is 0.0296. The molecule has 1 amide bonds. The zero-order valence-corrected chi connectivity index (χ0v) is 12.0. The second-order valence-corrected chi connectivity index (χ2v) is 4.73. The highest BCUT2D eigenvalue weighted by molar-refractivity contribution is 5.83. The molecule has 0 radical (unpaired) electrons. The standard InChI is InChI=1S/C15H19F2NO4/c16-13(17)9-12(15(20)21)18-14(19)7-4-8-22-10-11-5-2-1-3-6-11/h1-3,5-6,12-13H,4,7-10H2,(H,18,19)(H,20,21). The second kappa shape index (κ2) is 9.83. The van der Waals surface area contributed by atoms with Gasteiger partial charge in [0.2, 0.25) is 12.3 Å². The van der Waals surface area contributed by atoms with E-state index in [1.165, 1.54) is 0 Å². The van der Waals surface area contributed by atoms with Crippen molar-refractivity contribution in [3.63, 3.8) is 0 Å². The molecule has 5 nitrogen and oxygen atoms in total. The van der Waals surface area contributed by atoms with E-state index in [9.17, 15) is 18.4 Å². The highest BCUT2D eigenvalue weighted by atomic mass is 19.3. The van der Waals surface area contributed by atoms with Crippen molar-refractivity contribution in [2.45, 2.75) is 38.3 Å². The van der Waals surface area contributed by atoms with Crippen molar-refractivity contribution in [1.29, 1.82) is 0 Å². The maximum absolute atomic E-state index is 12.2. The average molecular weight is 315 g/mol. The molecule has 7 heteroatoms. The third kappa shape index (κ3) is 7.68. The number of carbonyl (C=O) groups excluding carboxylic acids is 1. The van der Waals surface area contributed by atoms with E-state index >= 15 is 0 Å². The Labute approximate surface area is 127 Å². The van der Waals surface area contributed by atoms with Gasteiger partial charge in [-0.05, 0) is 12.0 Å². The minimum atomic E-state index is -2.78. The molecule has 1 unspecified atom stereocenters. The summed E-state index contributed by atoms with van der Waals surface area (Å²) in [5.41, 5.74) is 1.01. The van der Waals surface area contributed by atoms with Crippen molar-refractivity contribution < 1.29 is 28.2 Å². The highest BCUT2D eigenvalue weighted by Crippen LogP contribution is 2.05.